The zero-order valence-corrected chi connectivity index (χ0v) is 16.6. The van der Waals surface area contributed by atoms with E-state index in [1.54, 1.807) is 18.2 Å². The number of anilines is 2. The summed E-state index contributed by atoms with van der Waals surface area (Å²) in [5.74, 6) is 0.123. The number of alkyl halides is 3. The van der Waals surface area contributed by atoms with Crippen molar-refractivity contribution in [3.05, 3.63) is 53.6 Å². The highest BCUT2D eigenvalue weighted by molar-refractivity contribution is 6.01. The van der Waals surface area contributed by atoms with Crippen molar-refractivity contribution < 1.29 is 32.2 Å². The van der Waals surface area contributed by atoms with E-state index >= 15 is 0 Å². The normalized spacial score (nSPS) is 14.7. The van der Waals surface area contributed by atoms with Gasteiger partial charge < -0.3 is 20.1 Å². The molecule has 0 radical (unpaired) electrons. The van der Waals surface area contributed by atoms with E-state index in [4.69, 9.17) is 9.47 Å². The first-order valence-electron chi connectivity index (χ1n) is 9.62. The van der Waals surface area contributed by atoms with Crippen LogP contribution in [0.4, 0.5) is 29.3 Å². The third-order valence-corrected chi connectivity index (χ3v) is 4.60. The highest BCUT2D eigenvalue weighted by Crippen LogP contribution is 2.35. The van der Waals surface area contributed by atoms with Crippen LogP contribution in [-0.2, 0) is 10.9 Å². The number of morpholine rings is 1. The average molecular weight is 437 g/mol. The number of benzene rings is 2. The predicted molar refractivity (Wildman–Crippen MR) is 109 cm³/mol. The second-order valence-corrected chi connectivity index (χ2v) is 6.83. The van der Waals surface area contributed by atoms with Gasteiger partial charge in [0.1, 0.15) is 18.6 Å². The van der Waals surface area contributed by atoms with E-state index in [0.717, 1.165) is 25.2 Å². The van der Waals surface area contributed by atoms with Crippen molar-refractivity contribution in [2.24, 2.45) is 0 Å². The molecule has 1 saturated heterocycles. The molecule has 7 nitrogen and oxygen atoms in total. The molecule has 0 aliphatic carbocycles. The summed E-state index contributed by atoms with van der Waals surface area (Å²) < 4.78 is 50.4. The maximum absolute atomic E-state index is 13.1. The van der Waals surface area contributed by atoms with Gasteiger partial charge in [0.05, 0.1) is 24.5 Å². The van der Waals surface area contributed by atoms with Crippen molar-refractivity contribution in [3.63, 3.8) is 0 Å². The summed E-state index contributed by atoms with van der Waals surface area (Å²) in [7, 11) is 0. The zero-order chi connectivity index (χ0) is 22.3. The van der Waals surface area contributed by atoms with Gasteiger partial charge in [-0.3, -0.25) is 9.69 Å². The van der Waals surface area contributed by atoms with Gasteiger partial charge in [0.15, 0.2) is 0 Å². The van der Waals surface area contributed by atoms with Gasteiger partial charge in [-0.1, -0.05) is 12.1 Å². The van der Waals surface area contributed by atoms with Gasteiger partial charge in [-0.15, -0.1) is 0 Å². The molecule has 1 fully saturated rings. The van der Waals surface area contributed by atoms with Crippen LogP contribution in [0.15, 0.2) is 42.5 Å². The molecule has 2 aromatic rings. The Kier molecular flexibility index (Phi) is 7.48. The Labute approximate surface area is 177 Å². The molecule has 1 aliphatic rings. The van der Waals surface area contributed by atoms with Crippen molar-refractivity contribution in [1.29, 1.82) is 0 Å². The number of ether oxygens (including phenoxy) is 2. The van der Waals surface area contributed by atoms with E-state index < -0.39 is 17.8 Å². The molecule has 31 heavy (non-hydrogen) atoms. The summed E-state index contributed by atoms with van der Waals surface area (Å²) in [6.07, 6.45) is -3.95. The van der Waals surface area contributed by atoms with E-state index in [-0.39, 0.29) is 18.0 Å². The Morgan fingerprint density at radius 2 is 1.90 bits per heavy atom. The summed E-state index contributed by atoms with van der Waals surface area (Å²) in [6.45, 7) is 3.57. The standard InChI is InChI=1S/C21H22F3N3O4/c22-21(23,24)16-4-5-19(31-11-8-27-6-9-30-10-7-27)18(13-16)26-20(29)25-17-3-1-2-15(12-17)14-28/h1-5,12-14H,6-11H2,(H2,25,26,29). The third kappa shape index (κ3) is 6.69. The first-order valence-corrected chi connectivity index (χ1v) is 9.62. The Bertz CT molecular complexity index is 915. The first-order chi connectivity index (χ1) is 14.8. The van der Waals surface area contributed by atoms with Crippen LogP contribution in [0.2, 0.25) is 0 Å². The number of nitrogens with zero attached hydrogens (tertiary/aromatic N) is 1. The number of carbonyl (C=O) groups excluding carboxylic acids is 2. The van der Waals surface area contributed by atoms with E-state index in [9.17, 15) is 22.8 Å². The highest BCUT2D eigenvalue weighted by Gasteiger charge is 2.31. The lowest BCUT2D eigenvalue weighted by Crippen LogP contribution is -2.38. The molecule has 0 saturated carbocycles. The number of carbonyl (C=O) groups is 2. The number of aldehydes is 1. The van der Waals surface area contributed by atoms with Crippen molar-refractivity contribution in [1.82, 2.24) is 4.90 Å². The average Bonchev–Trinajstić information content (AvgIpc) is 2.75. The molecule has 2 N–H and O–H groups in total. The minimum atomic E-state index is -4.57. The lowest BCUT2D eigenvalue weighted by atomic mass is 10.1. The number of halogens is 3. The van der Waals surface area contributed by atoms with Gasteiger partial charge >= 0.3 is 12.2 Å². The van der Waals surface area contributed by atoms with E-state index in [0.29, 0.717) is 37.3 Å². The maximum atomic E-state index is 13.1. The Morgan fingerprint density at radius 3 is 2.61 bits per heavy atom. The van der Waals surface area contributed by atoms with Gasteiger partial charge in [-0.25, -0.2) is 4.79 Å². The molecular formula is C21H22F3N3O4. The molecule has 3 rings (SSSR count). The molecule has 1 heterocycles. The summed E-state index contributed by atoms with van der Waals surface area (Å²) in [4.78, 5) is 25.3. The summed E-state index contributed by atoms with van der Waals surface area (Å²) in [6, 6.07) is 8.28. The molecule has 0 aromatic heterocycles. The minimum Gasteiger partial charge on any atom is -0.490 e. The summed E-state index contributed by atoms with van der Waals surface area (Å²) >= 11 is 0. The molecular weight excluding hydrogens is 415 g/mol. The number of nitrogens with one attached hydrogen (secondary N) is 2. The molecule has 0 spiro atoms. The molecule has 166 valence electrons. The molecule has 0 bridgehead atoms. The summed E-state index contributed by atoms with van der Waals surface area (Å²) in [5, 5.41) is 4.89. The minimum absolute atomic E-state index is 0.110. The number of rotatable bonds is 7. The molecule has 0 atom stereocenters. The van der Waals surface area contributed by atoms with E-state index in [2.05, 4.69) is 15.5 Å². The first kappa shape index (κ1) is 22.6. The monoisotopic (exact) mass is 437 g/mol. The van der Waals surface area contributed by atoms with Gasteiger partial charge in [0.2, 0.25) is 0 Å². The van der Waals surface area contributed by atoms with Crippen molar-refractivity contribution >= 4 is 23.7 Å². The lowest BCUT2D eigenvalue weighted by molar-refractivity contribution is -0.137. The topological polar surface area (TPSA) is 79.9 Å². The van der Waals surface area contributed by atoms with Crippen LogP contribution in [-0.4, -0.2) is 56.7 Å². The predicted octanol–water partition coefficient (Wildman–Crippen LogP) is 3.87. The number of hydrogen-bond donors (Lipinski definition) is 2. The number of hydrogen-bond acceptors (Lipinski definition) is 5. The van der Waals surface area contributed by atoms with Crippen molar-refractivity contribution in [2.45, 2.75) is 6.18 Å². The van der Waals surface area contributed by atoms with Crippen LogP contribution in [0, 0.1) is 0 Å². The van der Waals surface area contributed by atoms with Crippen LogP contribution in [0.5, 0.6) is 5.75 Å². The van der Waals surface area contributed by atoms with Crippen molar-refractivity contribution in [2.75, 3.05) is 50.1 Å². The van der Waals surface area contributed by atoms with Crippen LogP contribution >= 0.6 is 0 Å². The number of urea groups is 1. The fourth-order valence-electron chi connectivity index (χ4n) is 3.01. The fourth-order valence-corrected chi connectivity index (χ4v) is 3.01. The second-order valence-electron chi connectivity index (χ2n) is 6.83. The van der Waals surface area contributed by atoms with Crippen LogP contribution in [0.3, 0.4) is 0 Å². The number of amides is 2. The Balaban J connectivity index is 1.70. The van der Waals surface area contributed by atoms with E-state index in [1.165, 1.54) is 12.1 Å². The fraction of sp³-hybridized carbons (Fsp3) is 0.333. The van der Waals surface area contributed by atoms with Crippen molar-refractivity contribution in [3.8, 4) is 5.75 Å². The van der Waals surface area contributed by atoms with E-state index in [1.807, 2.05) is 0 Å². The smallest absolute Gasteiger partial charge is 0.416 e. The van der Waals surface area contributed by atoms with Crippen LogP contribution in [0.25, 0.3) is 0 Å². The third-order valence-electron chi connectivity index (χ3n) is 4.60. The van der Waals surface area contributed by atoms with Crippen LogP contribution < -0.4 is 15.4 Å². The Hall–Kier alpha value is -3.11. The molecule has 0 unspecified atom stereocenters. The quantitative estimate of drug-likeness (QED) is 0.643. The van der Waals surface area contributed by atoms with Gasteiger partial charge in [-0.2, -0.15) is 13.2 Å². The molecule has 10 heteroatoms. The van der Waals surface area contributed by atoms with Gasteiger partial charge in [0, 0.05) is 30.9 Å². The zero-order valence-electron chi connectivity index (χ0n) is 16.6. The molecule has 1 aliphatic heterocycles. The SMILES string of the molecule is O=Cc1cccc(NC(=O)Nc2cc(C(F)(F)F)ccc2OCCN2CCOCC2)c1. The molecule has 2 aromatic carbocycles. The van der Waals surface area contributed by atoms with Gasteiger partial charge in [0.25, 0.3) is 0 Å². The maximum Gasteiger partial charge on any atom is 0.416 e. The van der Waals surface area contributed by atoms with Gasteiger partial charge in [-0.05, 0) is 30.3 Å². The lowest BCUT2D eigenvalue weighted by Gasteiger charge is -2.26. The van der Waals surface area contributed by atoms with Crippen LogP contribution in [0.1, 0.15) is 15.9 Å². The second kappa shape index (κ2) is 10.3. The highest BCUT2D eigenvalue weighted by atomic mass is 19.4. The Morgan fingerprint density at radius 1 is 1.13 bits per heavy atom. The molecule has 2 amide bonds. The summed E-state index contributed by atoms with van der Waals surface area (Å²) in [5.41, 5.74) is -0.347. The largest absolute Gasteiger partial charge is 0.490 e.